The molecule has 0 atom stereocenters. The van der Waals surface area contributed by atoms with Crippen LogP contribution in [-0.4, -0.2) is 45.5 Å². The number of nitrogens with zero attached hydrogens (tertiary/aromatic N) is 1. The van der Waals surface area contributed by atoms with E-state index >= 15 is 0 Å². The average Bonchev–Trinajstić information content (AvgIpc) is 2.76. The van der Waals surface area contributed by atoms with E-state index in [0.717, 1.165) is 0 Å². The lowest BCUT2D eigenvalue weighted by atomic mass is 10.2. The number of anilines is 1. The third-order valence-corrected chi connectivity index (χ3v) is 3.88. The number of carbonyl (C=O) groups excluding carboxylic acids is 2. The van der Waals surface area contributed by atoms with Crippen LogP contribution in [0.3, 0.4) is 0 Å². The Morgan fingerprint density at radius 3 is 2.30 bits per heavy atom. The van der Waals surface area contributed by atoms with Gasteiger partial charge in [0.25, 0.3) is 5.91 Å². The number of carbonyl (C=O) groups is 2. The third kappa shape index (κ3) is 7.01. The maximum atomic E-state index is 12.2. The molecule has 0 aliphatic carbocycles. The summed E-state index contributed by atoms with van der Waals surface area (Å²) in [4.78, 5) is 24.1. The van der Waals surface area contributed by atoms with Crippen molar-refractivity contribution >= 4 is 23.2 Å². The molecule has 2 amide bonds. The lowest BCUT2D eigenvalue weighted by Gasteiger charge is -2.11. The first-order chi connectivity index (χ1) is 14.4. The zero-order valence-electron chi connectivity index (χ0n) is 17.4. The van der Waals surface area contributed by atoms with E-state index in [-0.39, 0.29) is 18.9 Å². The minimum atomic E-state index is -0.450. The Morgan fingerprint density at radius 2 is 1.60 bits per heavy atom. The van der Waals surface area contributed by atoms with E-state index in [4.69, 9.17) is 18.9 Å². The molecule has 2 N–H and O–H groups in total. The predicted molar refractivity (Wildman–Crippen MR) is 113 cm³/mol. The second-order valence-electron chi connectivity index (χ2n) is 6.14. The Bertz CT molecular complexity index is 913. The van der Waals surface area contributed by atoms with E-state index in [0.29, 0.717) is 34.4 Å². The van der Waals surface area contributed by atoms with Gasteiger partial charge in [0.05, 0.1) is 33.4 Å². The third-order valence-electron chi connectivity index (χ3n) is 3.88. The maximum Gasteiger partial charge on any atom is 0.277 e. The number of rotatable bonds is 10. The number of ether oxygens (including phenoxy) is 4. The van der Waals surface area contributed by atoms with Crippen molar-refractivity contribution in [2.45, 2.75) is 13.3 Å². The molecule has 0 heterocycles. The van der Waals surface area contributed by atoms with Crippen molar-refractivity contribution in [2.75, 3.05) is 33.3 Å². The standard InChI is InChI=1S/C21H25N3O6/c1-14(10-20(25)22-18-9-8-16(28-3)12-19(18)29-4)23-24-21(26)13-30-17-7-5-6-15(11-17)27-2/h5-9,11-12H,10,13H2,1-4H3,(H,22,25)(H,24,26)/b23-14-. The number of nitrogens with one attached hydrogen (secondary N) is 2. The molecule has 0 aromatic heterocycles. The number of methoxy groups -OCH3 is 3. The van der Waals surface area contributed by atoms with Crippen LogP contribution in [0.4, 0.5) is 5.69 Å². The Hall–Kier alpha value is -3.75. The Labute approximate surface area is 175 Å². The van der Waals surface area contributed by atoms with Gasteiger partial charge in [-0.3, -0.25) is 9.59 Å². The lowest BCUT2D eigenvalue weighted by Crippen LogP contribution is -2.26. The molecular weight excluding hydrogens is 390 g/mol. The van der Waals surface area contributed by atoms with Gasteiger partial charge in [0.2, 0.25) is 5.91 Å². The van der Waals surface area contributed by atoms with Gasteiger partial charge >= 0.3 is 0 Å². The summed E-state index contributed by atoms with van der Waals surface area (Å²) >= 11 is 0. The van der Waals surface area contributed by atoms with Gasteiger partial charge in [0.1, 0.15) is 23.0 Å². The SMILES string of the molecule is COc1cccc(OCC(=O)N/N=C(/C)CC(=O)Nc2ccc(OC)cc2OC)c1. The summed E-state index contributed by atoms with van der Waals surface area (Å²) in [7, 11) is 4.59. The molecule has 0 unspecified atom stereocenters. The highest BCUT2D eigenvalue weighted by atomic mass is 16.5. The van der Waals surface area contributed by atoms with E-state index < -0.39 is 5.91 Å². The van der Waals surface area contributed by atoms with Crippen molar-refractivity contribution in [1.82, 2.24) is 5.43 Å². The number of benzene rings is 2. The fourth-order valence-corrected chi connectivity index (χ4v) is 2.40. The Morgan fingerprint density at radius 1 is 0.900 bits per heavy atom. The number of hydrazone groups is 1. The molecule has 0 bridgehead atoms. The highest BCUT2D eigenvalue weighted by molar-refractivity contribution is 6.06. The molecule has 0 fully saturated rings. The highest BCUT2D eigenvalue weighted by Gasteiger charge is 2.10. The Balaban J connectivity index is 1.82. The molecule has 0 aliphatic heterocycles. The van der Waals surface area contributed by atoms with Gasteiger partial charge in [-0.25, -0.2) is 5.43 Å². The van der Waals surface area contributed by atoms with E-state index in [2.05, 4.69) is 15.8 Å². The molecule has 30 heavy (non-hydrogen) atoms. The smallest absolute Gasteiger partial charge is 0.277 e. The van der Waals surface area contributed by atoms with E-state index in [1.165, 1.54) is 7.11 Å². The molecule has 9 nitrogen and oxygen atoms in total. The van der Waals surface area contributed by atoms with Crippen LogP contribution in [-0.2, 0) is 9.59 Å². The normalized spacial score (nSPS) is 10.7. The van der Waals surface area contributed by atoms with Gasteiger partial charge in [-0.2, -0.15) is 5.10 Å². The zero-order valence-corrected chi connectivity index (χ0v) is 17.4. The monoisotopic (exact) mass is 415 g/mol. The molecule has 0 aliphatic rings. The molecule has 0 saturated carbocycles. The predicted octanol–water partition coefficient (Wildman–Crippen LogP) is 2.61. The van der Waals surface area contributed by atoms with E-state index in [1.807, 2.05) is 0 Å². The van der Waals surface area contributed by atoms with Gasteiger partial charge in [0.15, 0.2) is 6.61 Å². The van der Waals surface area contributed by atoms with Crippen molar-refractivity contribution in [2.24, 2.45) is 5.10 Å². The average molecular weight is 415 g/mol. The molecule has 2 aromatic rings. The first-order valence-electron chi connectivity index (χ1n) is 9.06. The largest absolute Gasteiger partial charge is 0.497 e. The second kappa shape index (κ2) is 11.3. The van der Waals surface area contributed by atoms with Gasteiger partial charge in [-0.05, 0) is 31.2 Å². The summed E-state index contributed by atoms with van der Waals surface area (Å²) in [5, 5.41) is 6.66. The quantitative estimate of drug-likeness (QED) is 0.456. The van der Waals surface area contributed by atoms with Crippen molar-refractivity contribution in [1.29, 1.82) is 0 Å². The molecule has 0 radical (unpaired) electrons. The Kier molecular flexibility index (Phi) is 8.49. The number of hydrogen-bond acceptors (Lipinski definition) is 7. The molecule has 160 valence electrons. The molecule has 2 aromatic carbocycles. The molecule has 0 saturated heterocycles. The lowest BCUT2D eigenvalue weighted by molar-refractivity contribution is -0.123. The number of amides is 2. The summed E-state index contributed by atoms with van der Waals surface area (Å²) in [6, 6.07) is 12.0. The van der Waals surface area contributed by atoms with Gasteiger partial charge < -0.3 is 24.3 Å². The van der Waals surface area contributed by atoms with Crippen molar-refractivity contribution < 1.29 is 28.5 Å². The topological polar surface area (TPSA) is 107 Å². The fourth-order valence-electron chi connectivity index (χ4n) is 2.40. The maximum absolute atomic E-state index is 12.2. The highest BCUT2D eigenvalue weighted by Crippen LogP contribution is 2.29. The molecular formula is C21H25N3O6. The van der Waals surface area contributed by atoms with E-state index in [9.17, 15) is 9.59 Å². The van der Waals surface area contributed by atoms with Crippen LogP contribution >= 0.6 is 0 Å². The summed E-state index contributed by atoms with van der Waals surface area (Å²) in [6.07, 6.45) is -0.00773. The van der Waals surface area contributed by atoms with Gasteiger partial charge in [-0.15, -0.1) is 0 Å². The minimum absolute atomic E-state index is 0.00773. The van der Waals surface area contributed by atoms with Crippen molar-refractivity contribution in [3.05, 3.63) is 42.5 Å². The van der Waals surface area contributed by atoms with Crippen LogP contribution in [0, 0.1) is 0 Å². The second-order valence-corrected chi connectivity index (χ2v) is 6.14. The summed E-state index contributed by atoms with van der Waals surface area (Å²) < 4.78 is 20.8. The van der Waals surface area contributed by atoms with Crippen LogP contribution in [0.5, 0.6) is 23.0 Å². The van der Waals surface area contributed by atoms with Crippen molar-refractivity contribution in [3.63, 3.8) is 0 Å². The molecule has 9 heteroatoms. The fraction of sp³-hybridized carbons (Fsp3) is 0.286. The number of hydrogen-bond donors (Lipinski definition) is 2. The first-order valence-corrected chi connectivity index (χ1v) is 9.06. The van der Waals surface area contributed by atoms with Crippen LogP contribution in [0.15, 0.2) is 47.6 Å². The van der Waals surface area contributed by atoms with Crippen LogP contribution in [0.2, 0.25) is 0 Å². The summed E-state index contributed by atoms with van der Waals surface area (Å²) in [5.41, 5.74) is 3.29. The van der Waals surface area contributed by atoms with Crippen molar-refractivity contribution in [3.8, 4) is 23.0 Å². The van der Waals surface area contributed by atoms with Gasteiger partial charge in [-0.1, -0.05) is 6.07 Å². The van der Waals surface area contributed by atoms with E-state index in [1.54, 1.807) is 63.6 Å². The summed E-state index contributed by atoms with van der Waals surface area (Å²) in [5.74, 6) is 1.46. The van der Waals surface area contributed by atoms with Gasteiger partial charge in [0, 0.05) is 17.8 Å². The molecule has 2 rings (SSSR count). The first kappa shape index (κ1) is 22.5. The van der Waals surface area contributed by atoms with Crippen LogP contribution < -0.4 is 29.7 Å². The van der Waals surface area contributed by atoms with Crippen LogP contribution in [0.1, 0.15) is 13.3 Å². The summed E-state index contributed by atoms with van der Waals surface area (Å²) in [6.45, 7) is 1.41. The molecule has 0 spiro atoms. The zero-order chi connectivity index (χ0) is 21.9. The minimum Gasteiger partial charge on any atom is -0.497 e. The van der Waals surface area contributed by atoms with Crippen LogP contribution in [0.25, 0.3) is 0 Å².